The number of nitrogens with one attached hydrogen (secondary N) is 2. The molecular weight excluding hydrogens is 371 g/mol. The molecule has 0 bridgehead atoms. The van der Waals surface area contributed by atoms with Gasteiger partial charge >= 0.3 is 0 Å². The molecule has 10 heteroatoms. The molecule has 1 heterocycles. The van der Waals surface area contributed by atoms with Gasteiger partial charge in [0.1, 0.15) is 35.2 Å². The molecule has 2 N–H and O–H groups in total. The van der Waals surface area contributed by atoms with Crippen molar-refractivity contribution in [2.24, 2.45) is 0 Å². The van der Waals surface area contributed by atoms with Crippen LogP contribution in [0.2, 0.25) is 0 Å². The van der Waals surface area contributed by atoms with E-state index in [-0.39, 0.29) is 11.5 Å². The zero-order valence-electron chi connectivity index (χ0n) is 13.2. The van der Waals surface area contributed by atoms with E-state index in [0.29, 0.717) is 6.07 Å². The van der Waals surface area contributed by atoms with Crippen LogP contribution in [0.5, 0.6) is 0 Å². The number of para-hydroxylation sites is 1. The third-order valence-corrected chi connectivity index (χ3v) is 3.40. The van der Waals surface area contributed by atoms with E-state index >= 15 is 0 Å². The van der Waals surface area contributed by atoms with Gasteiger partial charge in [-0.25, -0.2) is 31.9 Å². The highest BCUT2D eigenvalue weighted by Gasteiger charge is 2.17. The first kappa shape index (κ1) is 18.2. The number of hydrogen-bond acceptors (Lipinski definition) is 4. The van der Waals surface area contributed by atoms with Gasteiger partial charge in [-0.15, -0.1) is 0 Å². The smallest absolute Gasteiger partial charge is 0.274 e. The van der Waals surface area contributed by atoms with E-state index in [2.05, 4.69) is 15.3 Å². The monoisotopic (exact) mass is 380 g/mol. The van der Waals surface area contributed by atoms with Gasteiger partial charge in [-0.3, -0.25) is 4.79 Å². The molecule has 1 amide bonds. The van der Waals surface area contributed by atoms with Crippen molar-refractivity contribution < 1.29 is 26.7 Å². The summed E-state index contributed by atoms with van der Waals surface area (Å²) in [4.78, 5) is 19.5. The fourth-order valence-electron chi connectivity index (χ4n) is 2.11. The van der Waals surface area contributed by atoms with Crippen LogP contribution in [0.15, 0.2) is 42.7 Å². The number of nitrogens with zero attached hydrogens (tertiary/aromatic N) is 2. The predicted molar refractivity (Wildman–Crippen MR) is 85.9 cm³/mol. The van der Waals surface area contributed by atoms with Gasteiger partial charge in [-0.05, 0) is 24.3 Å². The largest absolute Gasteiger partial charge is 0.338 e. The Morgan fingerprint density at radius 3 is 2.26 bits per heavy atom. The van der Waals surface area contributed by atoms with Gasteiger partial charge in [-0.2, -0.15) is 0 Å². The predicted octanol–water partition coefficient (Wildman–Crippen LogP) is 4.17. The van der Waals surface area contributed by atoms with Crippen LogP contribution in [-0.2, 0) is 0 Å². The van der Waals surface area contributed by atoms with E-state index in [4.69, 9.17) is 0 Å². The molecule has 0 atom stereocenters. The second-order valence-electron chi connectivity index (χ2n) is 5.19. The van der Waals surface area contributed by atoms with Crippen LogP contribution >= 0.6 is 0 Å². The van der Waals surface area contributed by atoms with E-state index in [0.717, 1.165) is 36.7 Å². The van der Waals surface area contributed by atoms with Crippen LogP contribution < -0.4 is 10.6 Å². The molecule has 0 aliphatic heterocycles. The van der Waals surface area contributed by atoms with Crippen LogP contribution in [0.3, 0.4) is 0 Å². The first-order valence-corrected chi connectivity index (χ1v) is 7.34. The molecule has 27 heavy (non-hydrogen) atoms. The topological polar surface area (TPSA) is 66.9 Å². The molecule has 138 valence electrons. The lowest BCUT2D eigenvalue weighted by molar-refractivity contribution is 0.102. The highest BCUT2D eigenvalue weighted by molar-refractivity contribution is 6.03. The van der Waals surface area contributed by atoms with Gasteiger partial charge < -0.3 is 10.6 Å². The molecule has 3 aromatic rings. The van der Waals surface area contributed by atoms with E-state index < -0.39 is 46.4 Å². The molecule has 3 rings (SSSR count). The number of anilines is 3. The van der Waals surface area contributed by atoms with Crippen LogP contribution in [0, 0.1) is 29.1 Å². The van der Waals surface area contributed by atoms with Crippen molar-refractivity contribution in [3.05, 3.63) is 77.5 Å². The maximum absolute atomic E-state index is 13.7. The number of halogens is 5. The highest BCUT2D eigenvalue weighted by Crippen LogP contribution is 2.23. The van der Waals surface area contributed by atoms with Crippen molar-refractivity contribution >= 4 is 23.1 Å². The van der Waals surface area contributed by atoms with Crippen LogP contribution in [-0.4, -0.2) is 15.9 Å². The first-order valence-electron chi connectivity index (χ1n) is 7.34. The second-order valence-corrected chi connectivity index (χ2v) is 5.19. The van der Waals surface area contributed by atoms with Gasteiger partial charge in [-0.1, -0.05) is 6.07 Å². The summed E-state index contributed by atoms with van der Waals surface area (Å²) in [5.41, 5.74) is -1.40. The number of carbonyl (C=O) groups is 1. The Morgan fingerprint density at radius 2 is 1.56 bits per heavy atom. The van der Waals surface area contributed by atoms with Crippen LogP contribution in [0.1, 0.15) is 10.5 Å². The summed E-state index contributed by atoms with van der Waals surface area (Å²) in [5, 5.41) is 4.38. The van der Waals surface area contributed by atoms with E-state index in [1.54, 1.807) is 0 Å². The Morgan fingerprint density at radius 1 is 0.852 bits per heavy atom. The molecule has 0 spiro atoms. The first-order chi connectivity index (χ1) is 12.9. The maximum Gasteiger partial charge on any atom is 0.274 e. The summed E-state index contributed by atoms with van der Waals surface area (Å²) in [6.07, 6.45) is 0.923. The van der Waals surface area contributed by atoms with Crippen LogP contribution in [0.4, 0.5) is 39.1 Å². The Balaban J connectivity index is 1.83. The summed E-state index contributed by atoms with van der Waals surface area (Å²) < 4.78 is 67.1. The van der Waals surface area contributed by atoms with Crippen molar-refractivity contribution in [3.8, 4) is 0 Å². The Hall–Kier alpha value is -3.56. The molecule has 0 aliphatic rings. The van der Waals surface area contributed by atoms with Crippen molar-refractivity contribution in [2.75, 3.05) is 10.6 Å². The molecule has 2 aromatic carbocycles. The average molecular weight is 380 g/mol. The lowest BCUT2D eigenvalue weighted by Gasteiger charge is -2.10. The van der Waals surface area contributed by atoms with E-state index in [1.165, 1.54) is 0 Å². The summed E-state index contributed by atoms with van der Waals surface area (Å²) in [5.74, 6) is -7.59. The zero-order valence-corrected chi connectivity index (χ0v) is 13.2. The normalized spacial score (nSPS) is 10.6. The van der Waals surface area contributed by atoms with Gasteiger partial charge in [0, 0.05) is 6.07 Å². The summed E-state index contributed by atoms with van der Waals surface area (Å²) in [7, 11) is 0. The Kier molecular flexibility index (Phi) is 4.97. The zero-order chi connectivity index (χ0) is 19.6. The number of amides is 1. The summed E-state index contributed by atoms with van der Waals surface area (Å²) >= 11 is 0. The molecule has 0 aliphatic carbocycles. The quantitative estimate of drug-likeness (QED) is 0.527. The maximum atomic E-state index is 13.7. The number of aromatic nitrogens is 2. The van der Waals surface area contributed by atoms with E-state index in [9.17, 15) is 26.7 Å². The molecule has 0 radical (unpaired) electrons. The number of benzene rings is 2. The van der Waals surface area contributed by atoms with Gasteiger partial charge in [0.05, 0.1) is 5.69 Å². The summed E-state index contributed by atoms with van der Waals surface area (Å²) in [6.45, 7) is 0. The minimum Gasteiger partial charge on any atom is -0.338 e. The molecule has 0 saturated carbocycles. The van der Waals surface area contributed by atoms with Crippen molar-refractivity contribution in [2.45, 2.75) is 0 Å². The molecule has 1 aromatic heterocycles. The third-order valence-electron chi connectivity index (χ3n) is 3.40. The third kappa shape index (κ3) is 3.84. The van der Waals surface area contributed by atoms with Crippen LogP contribution in [0.25, 0.3) is 0 Å². The van der Waals surface area contributed by atoms with Crippen molar-refractivity contribution in [1.29, 1.82) is 0 Å². The second kappa shape index (κ2) is 7.36. The van der Waals surface area contributed by atoms with Crippen molar-refractivity contribution in [3.63, 3.8) is 0 Å². The number of rotatable bonds is 4. The lowest BCUT2D eigenvalue weighted by atomic mass is 10.2. The Bertz CT molecular complexity index is 1010. The van der Waals surface area contributed by atoms with Gasteiger partial charge in [0.2, 0.25) is 0 Å². The average Bonchev–Trinajstić information content (AvgIpc) is 2.65. The van der Waals surface area contributed by atoms with Gasteiger partial charge in [0.15, 0.2) is 17.5 Å². The standard InChI is InChI=1S/C17H9F5N4O/c18-8-4-5-11(15(22)14(8)21)25-13-6-12(23-7-24-13)17(27)26-16-9(19)2-1-3-10(16)20/h1-7H,(H,26,27)(H,23,24,25). The molecule has 0 fully saturated rings. The SMILES string of the molecule is O=C(Nc1c(F)cccc1F)c1cc(Nc2ccc(F)c(F)c2F)ncn1. The summed E-state index contributed by atoms with van der Waals surface area (Å²) in [6, 6.07) is 5.72. The molecule has 5 nitrogen and oxygen atoms in total. The minimum atomic E-state index is -1.68. The fraction of sp³-hybridized carbons (Fsp3) is 0. The Labute approximate surface area is 148 Å². The highest BCUT2D eigenvalue weighted by atomic mass is 19.2. The molecule has 0 unspecified atom stereocenters. The molecular formula is C17H9F5N4O. The number of hydrogen-bond donors (Lipinski definition) is 2. The van der Waals surface area contributed by atoms with E-state index in [1.807, 2.05) is 5.32 Å². The minimum absolute atomic E-state index is 0.130. The van der Waals surface area contributed by atoms with Gasteiger partial charge in [0.25, 0.3) is 5.91 Å². The molecule has 0 saturated heterocycles. The fourth-order valence-corrected chi connectivity index (χ4v) is 2.11. The number of carbonyl (C=O) groups excluding carboxylic acids is 1. The lowest BCUT2D eigenvalue weighted by Crippen LogP contribution is -2.16. The van der Waals surface area contributed by atoms with Crippen molar-refractivity contribution in [1.82, 2.24) is 9.97 Å².